The number of benzene rings is 5. The highest BCUT2D eigenvalue weighted by molar-refractivity contribution is 14.1. The van der Waals surface area contributed by atoms with Crippen LogP contribution in [0.2, 0.25) is 0 Å². The molecule has 7 rings (SSSR count). The van der Waals surface area contributed by atoms with Gasteiger partial charge in [-0.15, -0.1) is 22.7 Å². The van der Waals surface area contributed by atoms with E-state index in [1.165, 1.54) is 65.8 Å². The van der Waals surface area contributed by atoms with Crippen molar-refractivity contribution < 1.29 is 0 Å². The fourth-order valence-corrected chi connectivity index (χ4v) is 7.56. The van der Waals surface area contributed by atoms with Crippen LogP contribution in [0.5, 0.6) is 0 Å². The molecule has 7 aromatic rings. The maximum absolute atomic E-state index is 2.37. The van der Waals surface area contributed by atoms with Gasteiger partial charge >= 0.3 is 0 Å². The molecule has 31 heavy (non-hydrogen) atoms. The standard InChI is InChI=1S/C28H15IS2/c29-19-9-5-16(6-10-19)18-8-13-24-23(15-18)21-11-12-22-26-20-4-2-1-3-17(20)7-14-25(26)31-28(22)27(21)30-24/h1-15H. The summed E-state index contributed by atoms with van der Waals surface area (Å²) < 4.78 is 6.83. The van der Waals surface area contributed by atoms with Gasteiger partial charge in [0.1, 0.15) is 0 Å². The van der Waals surface area contributed by atoms with Gasteiger partial charge in [-0.3, -0.25) is 0 Å². The van der Waals surface area contributed by atoms with E-state index < -0.39 is 0 Å². The lowest BCUT2D eigenvalue weighted by Gasteiger charge is -2.03. The highest BCUT2D eigenvalue weighted by Gasteiger charge is 2.15. The molecule has 0 saturated heterocycles. The molecule has 0 unspecified atom stereocenters. The molecule has 146 valence electrons. The minimum atomic E-state index is 1.27. The number of rotatable bonds is 1. The molecule has 5 aromatic carbocycles. The lowest BCUT2D eigenvalue weighted by atomic mass is 10.0. The highest BCUT2D eigenvalue weighted by Crippen LogP contribution is 2.46. The fourth-order valence-electron chi connectivity index (χ4n) is 4.66. The maximum Gasteiger partial charge on any atom is 0.0534 e. The average Bonchev–Trinajstić information content (AvgIpc) is 3.37. The Morgan fingerprint density at radius 1 is 0.516 bits per heavy atom. The molecular formula is C28H15IS2. The van der Waals surface area contributed by atoms with Crippen molar-refractivity contribution in [2.24, 2.45) is 0 Å². The van der Waals surface area contributed by atoms with Gasteiger partial charge in [0.15, 0.2) is 0 Å². The quantitative estimate of drug-likeness (QED) is 0.181. The predicted octanol–water partition coefficient (Wildman–Crippen LogP) is 9.85. The minimum absolute atomic E-state index is 1.27. The third-order valence-electron chi connectivity index (χ3n) is 6.14. The first-order chi connectivity index (χ1) is 15.3. The average molecular weight is 542 g/mol. The topological polar surface area (TPSA) is 0 Å². The molecule has 0 saturated carbocycles. The van der Waals surface area contributed by atoms with Crippen molar-refractivity contribution in [2.75, 3.05) is 0 Å². The summed E-state index contributed by atoms with van der Waals surface area (Å²) in [5.74, 6) is 0. The van der Waals surface area contributed by atoms with E-state index in [4.69, 9.17) is 0 Å². The smallest absolute Gasteiger partial charge is 0.0534 e. The van der Waals surface area contributed by atoms with E-state index >= 15 is 0 Å². The van der Waals surface area contributed by atoms with Crippen LogP contribution in [0.3, 0.4) is 0 Å². The molecule has 0 aliphatic rings. The van der Waals surface area contributed by atoms with Gasteiger partial charge in [-0.2, -0.15) is 0 Å². The third-order valence-corrected chi connectivity index (χ3v) is 9.38. The zero-order valence-corrected chi connectivity index (χ0v) is 20.1. The summed E-state index contributed by atoms with van der Waals surface area (Å²) >= 11 is 6.22. The Kier molecular flexibility index (Phi) is 3.96. The summed E-state index contributed by atoms with van der Waals surface area (Å²) in [4.78, 5) is 0. The van der Waals surface area contributed by atoms with Gasteiger partial charge in [0.2, 0.25) is 0 Å². The largest absolute Gasteiger partial charge is 0.134 e. The Morgan fingerprint density at radius 2 is 1.23 bits per heavy atom. The third kappa shape index (κ3) is 2.70. The normalized spacial score (nSPS) is 12.0. The van der Waals surface area contributed by atoms with E-state index in [-0.39, 0.29) is 0 Å². The van der Waals surface area contributed by atoms with Gasteiger partial charge in [0.25, 0.3) is 0 Å². The van der Waals surface area contributed by atoms with Crippen LogP contribution in [0.15, 0.2) is 91.0 Å². The zero-order chi connectivity index (χ0) is 20.5. The summed E-state index contributed by atoms with van der Waals surface area (Å²) in [5, 5.41) is 8.18. The van der Waals surface area contributed by atoms with Crippen LogP contribution < -0.4 is 0 Å². The van der Waals surface area contributed by atoms with Gasteiger partial charge < -0.3 is 0 Å². The van der Waals surface area contributed by atoms with E-state index in [2.05, 4.69) is 114 Å². The summed E-state index contributed by atoms with van der Waals surface area (Å²) in [6.45, 7) is 0. The number of hydrogen-bond acceptors (Lipinski definition) is 2. The number of fused-ring (bicyclic) bond motifs is 9. The van der Waals surface area contributed by atoms with Crippen LogP contribution in [0.4, 0.5) is 0 Å². The van der Waals surface area contributed by atoms with E-state index in [1.54, 1.807) is 0 Å². The lowest BCUT2D eigenvalue weighted by molar-refractivity contribution is 1.62. The highest BCUT2D eigenvalue weighted by atomic mass is 127. The molecule has 0 fully saturated rings. The van der Waals surface area contributed by atoms with Gasteiger partial charge in [-0.25, -0.2) is 0 Å². The molecule has 0 spiro atoms. The van der Waals surface area contributed by atoms with Crippen LogP contribution in [0, 0.1) is 3.57 Å². The van der Waals surface area contributed by atoms with E-state index in [9.17, 15) is 0 Å². The molecule has 0 bridgehead atoms. The molecule has 0 nitrogen and oxygen atoms in total. The van der Waals surface area contributed by atoms with Crippen LogP contribution in [-0.2, 0) is 0 Å². The molecule has 0 aliphatic heterocycles. The van der Waals surface area contributed by atoms with Crippen molar-refractivity contribution in [1.82, 2.24) is 0 Å². The first kappa shape index (κ1) is 18.1. The van der Waals surface area contributed by atoms with Gasteiger partial charge in [0.05, 0.1) is 9.40 Å². The maximum atomic E-state index is 2.37. The summed E-state index contributed by atoms with van der Waals surface area (Å²) in [5.41, 5.74) is 2.56. The number of thiophene rings is 2. The van der Waals surface area contributed by atoms with E-state index in [0.717, 1.165) is 0 Å². The van der Waals surface area contributed by atoms with Crippen molar-refractivity contribution in [3.63, 3.8) is 0 Å². The SMILES string of the molecule is Ic1ccc(-c2ccc3sc4c(ccc5c4sc4ccc6ccccc6c45)c3c2)cc1. The Labute approximate surface area is 200 Å². The second-order valence-corrected chi connectivity index (χ2v) is 11.3. The Morgan fingerprint density at radius 3 is 2.13 bits per heavy atom. The first-order valence-electron chi connectivity index (χ1n) is 10.2. The Hall–Kier alpha value is -2.47. The molecule has 2 heterocycles. The summed E-state index contributed by atoms with van der Waals surface area (Å²) in [6, 6.07) is 33.7. The van der Waals surface area contributed by atoms with Crippen LogP contribution in [0.1, 0.15) is 0 Å². The Bertz CT molecular complexity index is 1790. The predicted molar refractivity (Wildman–Crippen MR) is 148 cm³/mol. The van der Waals surface area contributed by atoms with Crippen molar-refractivity contribution in [3.8, 4) is 11.1 Å². The Balaban J connectivity index is 1.54. The monoisotopic (exact) mass is 542 g/mol. The summed E-state index contributed by atoms with van der Waals surface area (Å²) in [7, 11) is 0. The molecule has 0 aliphatic carbocycles. The molecule has 0 radical (unpaired) electrons. The molecular weight excluding hydrogens is 527 g/mol. The van der Waals surface area contributed by atoms with E-state index in [0.29, 0.717) is 0 Å². The minimum Gasteiger partial charge on any atom is -0.134 e. The molecule has 2 aromatic heterocycles. The van der Waals surface area contributed by atoms with Crippen LogP contribution >= 0.6 is 45.3 Å². The molecule has 0 atom stereocenters. The second kappa shape index (κ2) is 6.76. The second-order valence-electron chi connectivity index (χ2n) is 7.90. The summed E-state index contributed by atoms with van der Waals surface area (Å²) in [6.07, 6.45) is 0. The van der Waals surface area contributed by atoms with Gasteiger partial charge in [0, 0.05) is 34.5 Å². The van der Waals surface area contributed by atoms with Crippen molar-refractivity contribution >= 4 is 96.4 Å². The number of halogens is 1. The fraction of sp³-hybridized carbons (Fsp3) is 0. The van der Waals surface area contributed by atoms with Gasteiger partial charge in [-0.1, -0.05) is 60.7 Å². The molecule has 3 heteroatoms. The lowest BCUT2D eigenvalue weighted by Crippen LogP contribution is -1.78. The molecule has 0 amide bonds. The van der Waals surface area contributed by atoms with Crippen molar-refractivity contribution in [1.29, 1.82) is 0 Å². The molecule has 0 N–H and O–H groups in total. The van der Waals surface area contributed by atoms with Crippen LogP contribution in [-0.4, -0.2) is 0 Å². The van der Waals surface area contributed by atoms with Crippen molar-refractivity contribution in [3.05, 3.63) is 94.6 Å². The van der Waals surface area contributed by atoms with E-state index in [1.807, 2.05) is 22.7 Å². The van der Waals surface area contributed by atoms with Crippen LogP contribution in [0.25, 0.3) is 62.2 Å². The van der Waals surface area contributed by atoms with Gasteiger partial charge in [-0.05, 0) is 74.8 Å². The number of hydrogen-bond donors (Lipinski definition) is 0. The zero-order valence-electron chi connectivity index (χ0n) is 16.4. The van der Waals surface area contributed by atoms with Crippen molar-refractivity contribution in [2.45, 2.75) is 0 Å². The first-order valence-corrected chi connectivity index (χ1v) is 12.9.